The molecule has 1 aromatic carbocycles. The fourth-order valence-electron chi connectivity index (χ4n) is 1.10. The molecule has 1 amide bonds. The van der Waals surface area contributed by atoms with Gasteiger partial charge in [0.1, 0.15) is 0 Å². The number of hydrogen-bond donors (Lipinski definition) is 2. The standard InChI is InChI=1S/C10H9F2NO4/c1-2-17-10(16)13-8-4-7(12)6(11)3-5(8)9(14)15/h3-4H,2H2,1H3,(H,13,16)(H,14,15). The minimum atomic E-state index is -1.49. The van der Waals surface area contributed by atoms with Crippen LogP contribution >= 0.6 is 0 Å². The lowest BCUT2D eigenvalue weighted by atomic mass is 10.1. The van der Waals surface area contributed by atoms with E-state index < -0.39 is 29.3 Å². The number of carbonyl (C=O) groups excluding carboxylic acids is 1. The normalized spacial score (nSPS) is 9.82. The summed E-state index contributed by atoms with van der Waals surface area (Å²) in [6.07, 6.45) is -0.944. The van der Waals surface area contributed by atoms with E-state index in [1.165, 1.54) is 0 Å². The number of anilines is 1. The number of halogens is 2. The van der Waals surface area contributed by atoms with E-state index >= 15 is 0 Å². The lowest BCUT2D eigenvalue weighted by molar-refractivity contribution is 0.0697. The molecule has 0 aliphatic heterocycles. The van der Waals surface area contributed by atoms with E-state index in [9.17, 15) is 18.4 Å². The fraction of sp³-hybridized carbons (Fsp3) is 0.200. The van der Waals surface area contributed by atoms with Crippen molar-refractivity contribution in [1.29, 1.82) is 0 Å². The molecular weight excluding hydrogens is 236 g/mol. The van der Waals surface area contributed by atoms with Crippen LogP contribution in [0.25, 0.3) is 0 Å². The average molecular weight is 245 g/mol. The third kappa shape index (κ3) is 3.13. The fourth-order valence-corrected chi connectivity index (χ4v) is 1.10. The van der Waals surface area contributed by atoms with Gasteiger partial charge in [0.2, 0.25) is 0 Å². The maximum atomic E-state index is 12.9. The SMILES string of the molecule is CCOC(=O)Nc1cc(F)c(F)cc1C(=O)O. The van der Waals surface area contributed by atoms with Crippen LogP contribution in [0, 0.1) is 11.6 Å². The van der Waals surface area contributed by atoms with Crippen molar-refractivity contribution in [3.05, 3.63) is 29.3 Å². The van der Waals surface area contributed by atoms with Crippen molar-refractivity contribution in [2.75, 3.05) is 11.9 Å². The summed E-state index contributed by atoms with van der Waals surface area (Å²) in [5.74, 6) is -4.06. The third-order valence-electron chi connectivity index (χ3n) is 1.80. The highest BCUT2D eigenvalue weighted by Gasteiger charge is 2.17. The summed E-state index contributed by atoms with van der Waals surface area (Å²) >= 11 is 0. The number of hydrogen-bond acceptors (Lipinski definition) is 3. The van der Waals surface area contributed by atoms with Gasteiger partial charge in [-0.05, 0) is 13.0 Å². The topological polar surface area (TPSA) is 75.6 Å². The zero-order chi connectivity index (χ0) is 13.0. The summed E-state index contributed by atoms with van der Waals surface area (Å²) in [6.45, 7) is 1.61. The number of ether oxygens (including phenoxy) is 1. The van der Waals surface area contributed by atoms with E-state index in [2.05, 4.69) is 4.74 Å². The average Bonchev–Trinajstić information content (AvgIpc) is 2.23. The molecule has 92 valence electrons. The highest BCUT2D eigenvalue weighted by molar-refractivity contribution is 5.98. The summed E-state index contributed by atoms with van der Waals surface area (Å²) in [7, 11) is 0. The molecule has 0 aliphatic carbocycles. The number of carbonyl (C=O) groups is 2. The van der Waals surface area contributed by atoms with Crippen LogP contribution in [0.4, 0.5) is 19.3 Å². The van der Waals surface area contributed by atoms with E-state index in [-0.39, 0.29) is 12.3 Å². The summed E-state index contributed by atoms with van der Waals surface area (Å²) in [4.78, 5) is 21.8. The van der Waals surface area contributed by atoms with Crippen molar-refractivity contribution in [3.63, 3.8) is 0 Å². The predicted octanol–water partition coefficient (Wildman–Crippen LogP) is 2.23. The summed E-state index contributed by atoms with van der Waals surface area (Å²) < 4.78 is 30.2. The minimum absolute atomic E-state index is 0.0674. The molecule has 5 nitrogen and oxygen atoms in total. The largest absolute Gasteiger partial charge is 0.478 e. The molecule has 0 heterocycles. The second kappa shape index (κ2) is 5.24. The number of carboxylic acid groups (broad SMARTS) is 1. The molecule has 0 aliphatic rings. The van der Waals surface area contributed by atoms with Crippen LogP contribution in [-0.2, 0) is 4.74 Å². The quantitative estimate of drug-likeness (QED) is 0.856. The second-order valence-corrected chi connectivity index (χ2v) is 2.96. The minimum Gasteiger partial charge on any atom is -0.478 e. The lowest BCUT2D eigenvalue weighted by Crippen LogP contribution is -2.16. The van der Waals surface area contributed by atoms with Crippen molar-refractivity contribution in [2.24, 2.45) is 0 Å². The van der Waals surface area contributed by atoms with Gasteiger partial charge in [-0.1, -0.05) is 0 Å². The maximum absolute atomic E-state index is 12.9. The first-order valence-electron chi connectivity index (χ1n) is 4.61. The van der Waals surface area contributed by atoms with Crippen molar-refractivity contribution in [2.45, 2.75) is 6.92 Å². The van der Waals surface area contributed by atoms with Gasteiger partial charge in [0.25, 0.3) is 0 Å². The number of carboxylic acids is 1. The first-order chi connectivity index (χ1) is 7.95. The molecule has 1 rings (SSSR count). The Morgan fingerprint density at radius 2 is 1.94 bits per heavy atom. The number of aromatic carboxylic acids is 1. The summed E-state index contributed by atoms with van der Waals surface area (Å²) in [5.41, 5.74) is -0.924. The van der Waals surface area contributed by atoms with Crippen molar-refractivity contribution in [1.82, 2.24) is 0 Å². The van der Waals surface area contributed by atoms with Gasteiger partial charge in [0.05, 0.1) is 17.9 Å². The van der Waals surface area contributed by atoms with Crippen LogP contribution in [0.15, 0.2) is 12.1 Å². The molecule has 2 N–H and O–H groups in total. The number of rotatable bonds is 3. The van der Waals surface area contributed by atoms with Crippen LogP contribution < -0.4 is 5.32 Å². The summed E-state index contributed by atoms with van der Waals surface area (Å²) in [6, 6.07) is 1.06. The van der Waals surface area contributed by atoms with E-state index in [0.29, 0.717) is 12.1 Å². The number of amides is 1. The van der Waals surface area contributed by atoms with Crippen molar-refractivity contribution < 1.29 is 28.2 Å². The molecule has 0 saturated heterocycles. The molecule has 0 spiro atoms. The van der Waals surface area contributed by atoms with Gasteiger partial charge in [-0.2, -0.15) is 0 Å². The van der Waals surface area contributed by atoms with Crippen molar-refractivity contribution >= 4 is 17.7 Å². The van der Waals surface area contributed by atoms with Gasteiger partial charge in [0.15, 0.2) is 11.6 Å². The highest BCUT2D eigenvalue weighted by atomic mass is 19.2. The van der Waals surface area contributed by atoms with E-state index in [1.54, 1.807) is 6.92 Å². The van der Waals surface area contributed by atoms with Crippen LogP contribution in [0.1, 0.15) is 17.3 Å². The molecule has 0 aromatic heterocycles. The monoisotopic (exact) mass is 245 g/mol. The Morgan fingerprint density at radius 1 is 1.35 bits per heavy atom. The maximum Gasteiger partial charge on any atom is 0.411 e. The molecule has 0 fully saturated rings. The molecule has 0 saturated carbocycles. The Balaban J connectivity index is 3.08. The Kier molecular flexibility index (Phi) is 3.97. The molecule has 0 bridgehead atoms. The molecular formula is C10H9F2NO4. The lowest BCUT2D eigenvalue weighted by Gasteiger charge is -2.08. The Morgan fingerprint density at radius 3 is 2.47 bits per heavy atom. The molecule has 0 unspecified atom stereocenters. The summed E-state index contributed by atoms with van der Waals surface area (Å²) in [5, 5.41) is 10.8. The van der Waals surface area contributed by atoms with Gasteiger partial charge >= 0.3 is 12.1 Å². The number of nitrogens with one attached hydrogen (secondary N) is 1. The van der Waals surface area contributed by atoms with Gasteiger partial charge in [-0.3, -0.25) is 5.32 Å². The zero-order valence-corrected chi connectivity index (χ0v) is 8.79. The van der Waals surface area contributed by atoms with Gasteiger partial charge < -0.3 is 9.84 Å². The van der Waals surface area contributed by atoms with Crippen LogP contribution in [-0.4, -0.2) is 23.8 Å². The molecule has 7 heteroatoms. The molecule has 0 radical (unpaired) electrons. The van der Waals surface area contributed by atoms with E-state index in [1.807, 2.05) is 5.32 Å². The van der Waals surface area contributed by atoms with Crippen LogP contribution in [0.5, 0.6) is 0 Å². The third-order valence-corrected chi connectivity index (χ3v) is 1.80. The van der Waals surface area contributed by atoms with Crippen LogP contribution in [0.2, 0.25) is 0 Å². The Bertz CT molecular complexity index is 462. The van der Waals surface area contributed by atoms with Gasteiger partial charge in [0, 0.05) is 6.07 Å². The first-order valence-corrected chi connectivity index (χ1v) is 4.61. The van der Waals surface area contributed by atoms with Crippen molar-refractivity contribution in [3.8, 4) is 0 Å². The smallest absolute Gasteiger partial charge is 0.411 e. The second-order valence-electron chi connectivity index (χ2n) is 2.96. The molecule has 17 heavy (non-hydrogen) atoms. The van der Waals surface area contributed by atoms with Crippen LogP contribution in [0.3, 0.4) is 0 Å². The number of benzene rings is 1. The van der Waals surface area contributed by atoms with Gasteiger partial charge in [-0.15, -0.1) is 0 Å². The Hall–Kier alpha value is -2.18. The first kappa shape index (κ1) is 12.9. The Labute approximate surface area is 95.0 Å². The van der Waals surface area contributed by atoms with E-state index in [4.69, 9.17) is 5.11 Å². The zero-order valence-electron chi connectivity index (χ0n) is 8.79. The van der Waals surface area contributed by atoms with E-state index in [0.717, 1.165) is 0 Å². The molecule has 0 atom stereocenters. The predicted molar refractivity (Wildman–Crippen MR) is 54.0 cm³/mol. The highest BCUT2D eigenvalue weighted by Crippen LogP contribution is 2.20. The van der Waals surface area contributed by atoms with Gasteiger partial charge in [-0.25, -0.2) is 18.4 Å². The molecule has 1 aromatic rings.